The monoisotopic (exact) mass is 332 g/mol. The second kappa shape index (κ2) is 8.86. The Morgan fingerprint density at radius 1 is 1.23 bits per heavy atom. The van der Waals surface area contributed by atoms with E-state index in [1.807, 2.05) is 36.0 Å². The maximum absolute atomic E-state index is 11.9. The standard InChI is InChI=1S/C17H20N2OS2/c1-13(2)11-21-16-7-5-15(6-8-16)19-17(20)22-12-14-4-3-9-18-10-14/h3-10,13H,11-12H2,1-2H3,(H,19,20). The lowest BCUT2D eigenvalue weighted by molar-refractivity contribution is 0.269. The SMILES string of the molecule is CC(C)CSc1ccc(NC(=O)SCc2cccnc2)cc1. The topological polar surface area (TPSA) is 42.0 Å². The number of thioether (sulfide) groups is 2. The Kier molecular flexibility index (Phi) is 6.80. The molecule has 0 unspecified atom stereocenters. The number of aromatic nitrogens is 1. The zero-order chi connectivity index (χ0) is 15.8. The molecule has 0 aliphatic heterocycles. The molecule has 5 heteroatoms. The largest absolute Gasteiger partial charge is 0.317 e. The number of rotatable bonds is 6. The van der Waals surface area contributed by atoms with E-state index in [1.54, 1.807) is 12.4 Å². The minimum Gasteiger partial charge on any atom is -0.317 e. The lowest BCUT2D eigenvalue weighted by Gasteiger charge is -2.07. The molecular formula is C17H20N2OS2. The van der Waals surface area contributed by atoms with E-state index in [1.165, 1.54) is 16.7 Å². The van der Waals surface area contributed by atoms with Crippen LogP contribution in [0.4, 0.5) is 10.5 Å². The predicted octanol–water partition coefficient (Wildman–Crippen LogP) is 5.30. The van der Waals surface area contributed by atoms with Crippen molar-refractivity contribution in [2.24, 2.45) is 5.92 Å². The molecule has 1 aromatic heterocycles. The maximum atomic E-state index is 11.9. The molecule has 0 fully saturated rings. The van der Waals surface area contributed by atoms with Gasteiger partial charge in [-0.2, -0.15) is 0 Å². The number of anilines is 1. The van der Waals surface area contributed by atoms with Gasteiger partial charge in [-0.25, -0.2) is 0 Å². The first kappa shape index (κ1) is 16.9. The maximum Gasteiger partial charge on any atom is 0.283 e. The molecule has 0 radical (unpaired) electrons. The van der Waals surface area contributed by atoms with Gasteiger partial charge in [-0.1, -0.05) is 31.7 Å². The van der Waals surface area contributed by atoms with Crippen molar-refractivity contribution in [2.75, 3.05) is 11.1 Å². The van der Waals surface area contributed by atoms with Crippen LogP contribution in [0.25, 0.3) is 0 Å². The molecule has 1 heterocycles. The zero-order valence-electron chi connectivity index (χ0n) is 12.8. The van der Waals surface area contributed by atoms with Gasteiger partial charge in [0.25, 0.3) is 5.24 Å². The highest BCUT2D eigenvalue weighted by atomic mass is 32.2. The molecule has 0 aliphatic carbocycles. The number of nitrogens with zero attached hydrogens (tertiary/aromatic N) is 1. The van der Waals surface area contributed by atoms with Gasteiger partial charge >= 0.3 is 0 Å². The number of carbonyl (C=O) groups excluding carboxylic acids is 1. The van der Waals surface area contributed by atoms with Crippen LogP contribution in [0.2, 0.25) is 0 Å². The summed E-state index contributed by atoms with van der Waals surface area (Å²) in [5, 5.41) is 2.85. The van der Waals surface area contributed by atoms with Crippen molar-refractivity contribution in [3.8, 4) is 0 Å². The Labute approximate surface area is 140 Å². The van der Waals surface area contributed by atoms with Gasteiger partial charge in [-0.05, 0) is 41.8 Å². The molecule has 2 aromatic rings. The first-order valence-corrected chi connectivity index (χ1v) is 9.16. The number of amides is 1. The fourth-order valence-electron chi connectivity index (χ4n) is 1.68. The van der Waals surface area contributed by atoms with Gasteiger partial charge in [0.2, 0.25) is 0 Å². The van der Waals surface area contributed by atoms with Crippen molar-refractivity contribution >= 4 is 34.5 Å². The van der Waals surface area contributed by atoms with Crippen LogP contribution in [0.1, 0.15) is 19.4 Å². The summed E-state index contributed by atoms with van der Waals surface area (Å²) in [6.45, 7) is 4.42. The third-order valence-electron chi connectivity index (χ3n) is 2.78. The fourth-order valence-corrected chi connectivity index (χ4v) is 3.20. The predicted molar refractivity (Wildman–Crippen MR) is 96.6 cm³/mol. The van der Waals surface area contributed by atoms with Gasteiger partial charge in [0.1, 0.15) is 0 Å². The summed E-state index contributed by atoms with van der Waals surface area (Å²) in [6.07, 6.45) is 3.51. The van der Waals surface area contributed by atoms with Crippen LogP contribution >= 0.6 is 23.5 Å². The van der Waals surface area contributed by atoms with Gasteiger partial charge < -0.3 is 5.32 Å². The highest BCUT2D eigenvalue weighted by molar-refractivity contribution is 8.13. The van der Waals surface area contributed by atoms with Crippen LogP contribution < -0.4 is 5.32 Å². The number of carbonyl (C=O) groups is 1. The quantitative estimate of drug-likeness (QED) is 0.729. The molecule has 1 aromatic carbocycles. The molecule has 3 nitrogen and oxygen atoms in total. The van der Waals surface area contributed by atoms with E-state index in [0.717, 1.165) is 17.0 Å². The second-order valence-corrected chi connectivity index (χ2v) is 7.33. The lowest BCUT2D eigenvalue weighted by Crippen LogP contribution is -2.05. The Morgan fingerprint density at radius 2 is 2.00 bits per heavy atom. The van der Waals surface area contributed by atoms with Crippen LogP contribution in [-0.4, -0.2) is 16.0 Å². The van der Waals surface area contributed by atoms with Crippen molar-refractivity contribution in [2.45, 2.75) is 24.5 Å². The van der Waals surface area contributed by atoms with E-state index < -0.39 is 0 Å². The molecule has 0 spiro atoms. The first-order chi connectivity index (χ1) is 10.6. The smallest absolute Gasteiger partial charge is 0.283 e. The Balaban J connectivity index is 1.79. The molecule has 0 bridgehead atoms. The minimum absolute atomic E-state index is 0.0496. The molecular weight excluding hydrogens is 312 g/mol. The van der Waals surface area contributed by atoms with Crippen molar-refractivity contribution < 1.29 is 4.79 Å². The van der Waals surface area contributed by atoms with Crippen LogP contribution in [0.5, 0.6) is 0 Å². The lowest BCUT2D eigenvalue weighted by atomic mass is 10.3. The third kappa shape index (κ3) is 6.12. The molecule has 22 heavy (non-hydrogen) atoms. The number of hydrogen-bond donors (Lipinski definition) is 1. The van der Waals surface area contributed by atoms with Crippen molar-refractivity contribution in [1.82, 2.24) is 4.98 Å². The van der Waals surface area contributed by atoms with Crippen molar-refractivity contribution in [3.63, 3.8) is 0 Å². The number of pyridine rings is 1. The summed E-state index contributed by atoms with van der Waals surface area (Å²) < 4.78 is 0. The summed E-state index contributed by atoms with van der Waals surface area (Å²) in [5.74, 6) is 2.41. The van der Waals surface area contributed by atoms with Crippen LogP contribution in [0, 0.1) is 5.92 Å². The van der Waals surface area contributed by atoms with Crippen LogP contribution in [0.15, 0.2) is 53.7 Å². The molecule has 2 rings (SSSR count). The van der Waals surface area contributed by atoms with Crippen LogP contribution in [-0.2, 0) is 5.75 Å². The van der Waals surface area contributed by atoms with E-state index in [2.05, 4.69) is 36.3 Å². The molecule has 0 saturated carbocycles. The summed E-state index contributed by atoms with van der Waals surface area (Å²) >= 11 is 3.09. The van der Waals surface area contributed by atoms with Crippen molar-refractivity contribution in [1.29, 1.82) is 0 Å². The molecule has 116 valence electrons. The summed E-state index contributed by atoms with van der Waals surface area (Å²) in [6, 6.07) is 11.8. The van der Waals surface area contributed by atoms with Crippen molar-refractivity contribution in [3.05, 3.63) is 54.4 Å². The average molecular weight is 332 g/mol. The molecule has 1 amide bonds. The Morgan fingerprint density at radius 3 is 2.64 bits per heavy atom. The number of hydrogen-bond acceptors (Lipinski definition) is 4. The van der Waals surface area contributed by atoms with E-state index >= 15 is 0 Å². The van der Waals surface area contributed by atoms with Gasteiger partial charge in [0.15, 0.2) is 0 Å². The van der Waals surface area contributed by atoms with E-state index in [4.69, 9.17) is 0 Å². The normalized spacial score (nSPS) is 10.7. The Hall–Kier alpha value is -1.46. The van der Waals surface area contributed by atoms with Crippen LogP contribution in [0.3, 0.4) is 0 Å². The van der Waals surface area contributed by atoms with E-state index in [0.29, 0.717) is 11.7 Å². The van der Waals surface area contributed by atoms with Gasteiger partial charge in [0.05, 0.1) is 0 Å². The molecule has 0 atom stereocenters. The summed E-state index contributed by atoms with van der Waals surface area (Å²) in [7, 11) is 0. The molecule has 1 N–H and O–H groups in total. The summed E-state index contributed by atoms with van der Waals surface area (Å²) in [5.41, 5.74) is 1.88. The highest BCUT2D eigenvalue weighted by Gasteiger charge is 2.04. The van der Waals surface area contributed by atoms with Gasteiger partial charge in [0, 0.05) is 34.5 Å². The zero-order valence-corrected chi connectivity index (χ0v) is 14.4. The first-order valence-electron chi connectivity index (χ1n) is 7.19. The summed E-state index contributed by atoms with van der Waals surface area (Å²) in [4.78, 5) is 17.2. The highest BCUT2D eigenvalue weighted by Crippen LogP contribution is 2.23. The average Bonchev–Trinajstić information content (AvgIpc) is 2.53. The van der Waals surface area contributed by atoms with Gasteiger partial charge in [-0.15, -0.1) is 11.8 Å². The molecule has 0 saturated heterocycles. The van der Waals surface area contributed by atoms with Gasteiger partial charge in [-0.3, -0.25) is 9.78 Å². The second-order valence-electron chi connectivity index (χ2n) is 5.29. The fraction of sp³-hybridized carbons (Fsp3) is 0.294. The van der Waals surface area contributed by atoms with E-state index in [9.17, 15) is 4.79 Å². The number of benzene rings is 1. The minimum atomic E-state index is -0.0496. The number of nitrogens with one attached hydrogen (secondary N) is 1. The Bertz CT molecular complexity index is 585. The van der Waals surface area contributed by atoms with E-state index in [-0.39, 0.29) is 5.24 Å². The molecule has 0 aliphatic rings. The third-order valence-corrected chi connectivity index (χ3v) is 5.06.